The molecule has 1 aliphatic heterocycles. The van der Waals surface area contributed by atoms with Crippen LogP contribution >= 0.6 is 0 Å². The number of nitrogens with one attached hydrogen (secondary N) is 2. The first kappa shape index (κ1) is 16.9. The second kappa shape index (κ2) is 9.72. The number of hydrogen-bond acceptors (Lipinski definition) is 4. The maximum Gasteiger partial charge on any atom is 0.326 e. The summed E-state index contributed by atoms with van der Waals surface area (Å²) < 4.78 is 5.63. The van der Waals surface area contributed by atoms with Crippen molar-refractivity contribution in [3.05, 3.63) is 0 Å². The number of amides is 1. The molecule has 0 aliphatic carbocycles. The first-order chi connectivity index (χ1) is 9.63. The Morgan fingerprint density at radius 1 is 1.40 bits per heavy atom. The third-order valence-corrected chi connectivity index (χ3v) is 3.45. The predicted molar refractivity (Wildman–Crippen MR) is 75.6 cm³/mol. The van der Waals surface area contributed by atoms with Gasteiger partial charge in [0.15, 0.2) is 0 Å². The highest BCUT2D eigenvalue weighted by Gasteiger charge is 2.19. The van der Waals surface area contributed by atoms with E-state index in [9.17, 15) is 9.59 Å². The van der Waals surface area contributed by atoms with Crippen LogP contribution in [0.4, 0.5) is 0 Å². The smallest absolute Gasteiger partial charge is 0.326 e. The number of ether oxygens (including phenoxy) is 1. The van der Waals surface area contributed by atoms with E-state index in [1.54, 1.807) is 0 Å². The van der Waals surface area contributed by atoms with Crippen LogP contribution in [0.25, 0.3) is 0 Å². The average molecular weight is 286 g/mol. The molecule has 1 heterocycles. The first-order valence-corrected chi connectivity index (χ1v) is 7.48. The molecule has 116 valence electrons. The summed E-state index contributed by atoms with van der Waals surface area (Å²) in [4.78, 5) is 22.7. The van der Waals surface area contributed by atoms with Crippen LogP contribution in [-0.4, -0.2) is 48.8 Å². The monoisotopic (exact) mass is 286 g/mol. The molecular weight excluding hydrogens is 260 g/mol. The summed E-state index contributed by atoms with van der Waals surface area (Å²) >= 11 is 0. The van der Waals surface area contributed by atoms with Crippen molar-refractivity contribution in [1.82, 2.24) is 10.6 Å². The fourth-order valence-corrected chi connectivity index (χ4v) is 2.21. The van der Waals surface area contributed by atoms with E-state index < -0.39 is 12.0 Å². The molecule has 6 heteroatoms. The molecule has 1 atom stereocenters. The third-order valence-electron chi connectivity index (χ3n) is 3.45. The Labute approximate surface area is 120 Å². The van der Waals surface area contributed by atoms with Gasteiger partial charge in [-0.15, -0.1) is 0 Å². The third kappa shape index (κ3) is 6.86. The zero-order valence-electron chi connectivity index (χ0n) is 12.2. The van der Waals surface area contributed by atoms with Gasteiger partial charge in [0.2, 0.25) is 5.91 Å². The minimum Gasteiger partial charge on any atom is -0.480 e. The molecule has 0 aromatic heterocycles. The molecule has 6 nitrogen and oxygen atoms in total. The van der Waals surface area contributed by atoms with Gasteiger partial charge in [0, 0.05) is 6.42 Å². The number of piperidine rings is 1. The maximum absolute atomic E-state index is 11.7. The summed E-state index contributed by atoms with van der Waals surface area (Å²) in [6.45, 7) is 4.26. The van der Waals surface area contributed by atoms with Crippen LogP contribution in [0.15, 0.2) is 0 Å². The molecule has 0 bridgehead atoms. The first-order valence-electron chi connectivity index (χ1n) is 7.48. The Morgan fingerprint density at radius 2 is 2.10 bits per heavy atom. The minimum absolute atomic E-state index is 0.222. The highest BCUT2D eigenvalue weighted by molar-refractivity contribution is 5.83. The van der Waals surface area contributed by atoms with Crippen molar-refractivity contribution in [1.29, 1.82) is 0 Å². The molecule has 0 aromatic rings. The van der Waals surface area contributed by atoms with Crippen molar-refractivity contribution in [2.45, 2.75) is 57.6 Å². The van der Waals surface area contributed by atoms with Gasteiger partial charge in [0.25, 0.3) is 0 Å². The fourth-order valence-electron chi connectivity index (χ4n) is 2.21. The Hall–Kier alpha value is -1.14. The van der Waals surface area contributed by atoms with E-state index in [1.807, 2.05) is 6.92 Å². The molecule has 1 saturated heterocycles. The zero-order chi connectivity index (χ0) is 14.8. The SMILES string of the molecule is CCCCC(NC(=O)CCOC1CCNCC1)C(=O)O. The van der Waals surface area contributed by atoms with Gasteiger partial charge >= 0.3 is 5.97 Å². The van der Waals surface area contributed by atoms with Crippen molar-refractivity contribution in [2.75, 3.05) is 19.7 Å². The Kier molecular flexibility index (Phi) is 8.22. The second-order valence-corrected chi connectivity index (χ2v) is 5.17. The van der Waals surface area contributed by atoms with Crippen molar-refractivity contribution in [3.63, 3.8) is 0 Å². The van der Waals surface area contributed by atoms with Gasteiger partial charge in [-0.1, -0.05) is 19.8 Å². The highest BCUT2D eigenvalue weighted by atomic mass is 16.5. The Balaban J connectivity index is 2.18. The quantitative estimate of drug-likeness (QED) is 0.586. The highest BCUT2D eigenvalue weighted by Crippen LogP contribution is 2.07. The predicted octanol–water partition coefficient (Wildman–Crippen LogP) is 0.905. The summed E-state index contributed by atoms with van der Waals surface area (Å²) in [6, 6.07) is -0.777. The van der Waals surface area contributed by atoms with Gasteiger partial charge in [-0.2, -0.15) is 0 Å². The van der Waals surface area contributed by atoms with Crippen LogP contribution in [0.1, 0.15) is 45.4 Å². The van der Waals surface area contributed by atoms with Crippen molar-refractivity contribution in [3.8, 4) is 0 Å². The van der Waals surface area contributed by atoms with Gasteiger partial charge < -0.3 is 20.5 Å². The van der Waals surface area contributed by atoms with Gasteiger partial charge in [0.1, 0.15) is 6.04 Å². The molecule has 0 spiro atoms. The lowest BCUT2D eigenvalue weighted by atomic mass is 10.1. The van der Waals surface area contributed by atoms with E-state index >= 15 is 0 Å². The number of carbonyl (C=O) groups is 2. The maximum atomic E-state index is 11.7. The summed E-state index contributed by atoms with van der Waals surface area (Å²) in [6.07, 6.45) is 4.57. The number of carbonyl (C=O) groups excluding carboxylic acids is 1. The minimum atomic E-state index is -0.967. The molecular formula is C14H26N2O4. The normalized spacial score (nSPS) is 17.6. The van der Waals surface area contributed by atoms with Crippen LogP contribution in [0.3, 0.4) is 0 Å². The molecule has 20 heavy (non-hydrogen) atoms. The van der Waals surface area contributed by atoms with Gasteiger partial charge in [0.05, 0.1) is 12.7 Å². The Morgan fingerprint density at radius 3 is 2.70 bits per heavy atom. The topological polar surface area (TPSA) is 87.7 Å². The van der Waals surface area contributed by atoms with E-state index in [2.05, 4.69) is 10.6 Å². The summed E-state index contributed by atoms with van der Waals surface area (Å²) in [5.41, 5.74) is 0. The Bertz CT molecular complexity index is 304. The lowest BCUT2D eigenvalue weighted by Crippen LogP contribution is -2.41. The van der Waals surface area contributed by atoms with Crippen LogP contribution in [0.5, 0.6) is 0 Å². The van der Waals surface area contributed by atoms with E-state index in [0.717, 1.165) is 38.8 Å². The molecule has 0 aromatic carbocycles. The van der Waals surface area contributed by atoms with Crippen LogP contribution in [0, 0.1) is 0 Å². The lowest BCUT2D eigenvalue weighted by molar-refractivity contribution is -0.142. The van der Waals surface area contributed by atoms with E-state index in [1.165, 1.54) is 0 Å². The molecule has 3 N–H and O–H groups in total. The molecule has 1 rings (SSSR count). The van der Waals surface area contributed by atoms with Gasteiger partial charge in [-0.05, 0) is 32.4 Å². The molecule has 0 saturated carbocycles. The number of hydrogen-bond donors (Lipinski definition) is 3. The molecule has 0 radical (unpaired) electrons. The fraction of sp³-hybridized carbons (Fsp3) is 0.857. The van der Waals surface area contributed by atoms with Crippen molar-refractivity contribution < 1.29 is 19.4 Å². The largest absolute Gasteiger partial charge is 0.480 e. The van der Waals surface area contributed by atoms with E-state index in [0.29, 0.717) is 13.0 Å². The summed E-state index contributed by atoms with van der Waals surface area (Å²) in [5, 5.41) is 14.8. The number of rotatable bonds is 9. The van der Waals surface area contributed by atoms with Crippen LogP contribution < -0.4 is 10.6 Å². The van der Waals surface area contributed by atoms with Crippen LogP contribution in [0.2, 0.25) is 0 Å². The van der Waals surface area contributed by atoms with Crippen molar-refractivity contribution in [2.24, 2.45) is 0 Å². The number of aliphatic carboxylic acids is 1. The lowest BCUT2D eigenvalue weighted by Gasteiger charge is -2.23. The standard InChI is InChI=1S/C14H26N2O4/c1-2-3-4-12(14(18)19)16-13(17)7-10-20-11-5-8-15-9-6-11/h11-12,15H,2-10H2,1H3,(H,16,17)(H,18,19). The second-order valence-electron chi connectivity index (χ2n) is 5.17. The van der Waals surface area contributed by atoms with E-state index in [-0.39, 0.29) is 18.4 Å². The van der Waals surface area contributed by atoms with Gasteiger partial charge in [-0.3, -0.25) is 4.79 Å². The average Bonchev–Trinajstić information content (AvgIpc) is 2.44. The zero-order valence-corrected chi connectivity index (χ0v) is 12.2. The van der Waals surface area contributed by atoms with Crippen LogP contribution in [-0.2, 0) is 14.3 Å². The number of carboxylic acid groups (broad SMARTS) is 1. The number of carboxylic acids is 1. The van der Waals surface area contributed by atoms with Gasteiger partial charge in [-0.25, -0.2) is 4.79 Å². The van der Waals surface area contributed by atoms with E-state index in [4.69, 9.17) is 9.84 Å². The van der Waals surface area contributed by atoms with Crippen molar-refractivity contribution >= 4 is 11.9 Å². The number of unbranched alkanes of at least 4 members (excludes halogenated alkanes) is 1. The molecule has 1 unspecified atom stereocenters. The summed E-state index contributed by atoms with van der Waals surface area (Å²) in [7, 11) is 0. The molecule has 1 amide bonds. The molecule has 1 fully saturated rings. The summed E-state index contributed by atoms with van der Waals surface area (Å²) in [5.74, 6) is -1.21. The molecule has 1 aliphatic rings.